The lowest BCUT2D eigenvalue weighted by Gasteiger charge is -2.34. The standard InChI is InChI=1S/C13H29N3O/c1-13(17)5-8-16-11-9-15(10-12-16)7-4-2-3-6-14/h13,17H,2-12,14H2,1H3. The van der Waals surface area contributed by atoms with Crippen LogP contribution in [0.3, 0.4) is 0 Å². The van der Waals surface area contributed by atoms with Crippen molar-refractivity contribution in [1.29, 1.82) is 0 Å². The molecular formula is C13H29N3O. The molecule has 1 rings (SSSR count). The van der Waals surface area contributed by atoms with Crippen molar-refractivity contribution >= 4 is 0 Å². The molecule has 4 nitrogen and oxygen atoms in total. The maximum Gasteiger partial charge on any atom is 0.0524 e. The van der Waals surface area contributed by atoms with Gasteiger partial charge in [0.25, 0.3) is 0 Å². The molecule has 3 N–H and O–H groups in total. The minimum absolute atomic E-state index is 0.163. The number of hydrogen-bond donors (Lipinski definition) is 2. The number of hydrogen-bond acceptors (Lipinski definition) is 4. The molecule has 1 aliphatic heterocycles. The molecule has 1 fully saturated rings. The molecule has 0 bridgehead atoms. The van der Waals surface area contributed by atoms with E-state index in [1.165, 1.54) is 32.5 Å². The summed E-state index contributed by atoms with van der Waals surface area (Å²) in [4.78, 5) is 5.01. The molecule has 17 heavy (non-hydrogen) atoms. The summed E-state index contributed by atoms with van der Waals surface area (Å²) in [6.45, 7) is 9.64. The molecule has 1 heterocycles. The number of nitrogens with zero attached hydrogens (tertiary/aromatic N) is 2. The van der Waals surface area contributed by atoms with Gasteiger partial charge in [0.2, 0.25) is 0 Å². The molecule has 1 saturated heterocycles. The molecule has 0 aromatic heterocycles. The summed E-state index contributed by atoms with van der Waals surface area (Å²) in [5, 5.41) is 9.25. The average Bonchev–Trinajstić information content (AvgIpc) is 2.33. The van der Waals surface area contributed by atoms with E-state index in [-0.39, 0.29) is 6.10 Å². The highest BCUT2D eigenvalue weighted by molar-refractivity contribution is 4.72. The van der Waals surface area contributed by atoms with Crippen molar-refractivity contribution in [3.63, 3.8) is 0 Å². The Balaban J connectivity index is 2.01. The summed E-state index contributed by atoms with van der Waals surface area (Å²) in [6.07, 6.45) is 4.44. The predicted octanol–water partition coefficient (Wildman–Crippen LogP) is 0.504. The van der Waals surface area contributed by atoms with Gasteiger partial charge in [0.1, 0.15) is 0 Å². The number of nitrogens with two attached hydrogens (primary N) is 1. The molecule has 1 aliphatic rings. The summed E-state index contributed by atoms with van der Waals surface area (Å²) in [5.41, 5.74) is 5.48. The maximum atomic E-state index is 9.25. The smallest absolute Gasteiger partial charge is 0.0524 e. The quantitative estimate of drug-likeness (QED) is 0.610. The van der Waals surface area contributed by atoms with Gasteiger partial charge in [-0.3, -0.25) is 0 Å². The molecule has 0 amide bonds. The van der Waals surface area contributed by atoms with Crippen LogP contribution in [0.25, 0.3) is 0 Å². The number of aliphatic hydroxyl groups is 1. The molecule has 0 spiro atoms. The summed E-state index contributed by atoms with van der Waals surface area (Å²) in [5.74, 6) is 0. The lowest BCUT2D eigenvalue weighted by atomic mass is 10.2. The van der Waals surface area contributed by atoms with E-state index < -0.39 is 0 Å². The molecule has 0 aliphatic carbocycles. The van der Waals surface area contributed by atoms with E-state index in [4.69, 9.17) is 5.73 Å². The second kappa shape index (κ2) is 8.86. The zero-order chi connectivity index (χ0) is 12.5. The monoisotopic (exact) mass is 243 g/mol. The van der Waals surface area contributed by atoms with Gasteiger partial charge in [-0.2, -0.15) is 0 Å². The Hall–Kier alpha value is -0.160. The van der Waals surface area contributed by atoms with Crippen LogP contribution in [0.2, 0.25) is 0 Å². The van der Waals surface area contributed by atoms with Crippen LogP contribution in [0.1, 0.15) is 32.6 Å². The van der Waals surface area contributed by atoms with Crippen LogP contribution < -0.4 is 5.73 Å². The molecule has 0 saturated carbocycles. The maximum absolute atomic E-state index is 9.25. The van der Waals surface area contributed by atoms with Gasteiger partial charge in [-0.1, -0.05) is 6.42 Å². The first-order chi connectivity index (χ1) is 8.22. The SMILES string of the molecule is CC(O)CCN1CCN(CCCCCN)CC1. The molecular weight excluding hydrogens is 214 g/mol. The summed E-state index contributed by atoms with van der Waals surface area (Å²) in [7, 11) is 0. The van der Waals surface area contributed by atoms with Crippen LogP contribution in [0, 0.1) is 0 Å². The Bertz CT molecular complexity index is 180. The molecule has 1 unspecified atom stereocenters. The Kier molecular flexibility index (Phi) is 7.77. The normalized spacial score (nSPS) is 20.6. The van der Waals surface area contributed by atoms with Crippen LogP contribution in [-0.2, 0) is 0 Å². The first-order valence-electron chi connectivity index (χ1n) is 7.05. The zero-order valence-corrected chi connectivity index (χ0v) is 11.3. The van der Waals surface area contributed by atoms with Gasteiger partial charge in [0.15, 0.2) is 0 Å². The topological polar surface area (TPSA) is 52.7 Å². The van der Waals surface area contributed by atoms with E-state index in [2.05, 4.69) is 9.80 Å². The Labute approximate surface area is 106 Å². The minimum Gasteiger partial charge on any atom is -0.393 e. The van der Waals surface area contributed by atoms with Crippen molar-refractivity contribution in [1.82, 2.24) is 9.80 Å². The molecule has 0 aromatic carbocycles. The van der Waals surface area contributed by atoms with Crippen molar-refractivity contribution in [2.75, 3.05) is 45.8 Å². The number of piperazine rings is 1. The Morgan fingerprint density at radius 1 is 1.00 bits per heavy atom. The summed E-state index contributed by atoms with van der Waals surface area (Å²) >= 11 is 0. The zero-order valence-electron chi connectivity index (χ0n) is 11.3. The van der Waals surface area contributed by atoms with Crippen molar-refractivity contribution in [2.24, 2.45) is 5.73 Å². The van der Waals surface area contributed by atoms with Gasteiger partial charge >= 0.3 is 0 Å². The highest BCUT2D eigenvalue weighted by Gasteiger charge is 2.16. The second-order valence-electron chi connectivity index (χ2n) is 5.17. The van der Waals surface area contributed by atoms with Crippen molar-refractivity contribution in [3.05, 3.63) is 0 Å². The largest absolute Gasteiger partial charge is 0.393 e. The van der Waals surface area contributed by atoms with E-state index in [1.54, 1.807) is 0 Å². The van der Waals surface area contributed by atoms with E-state index >= 15 is 0 Å². The van der Waals surface area contributed by atoms with E-state index in [0.717, 1.165) is 39.0 Å². The third-order valence-corrected chi connectivity index (χ3v) is 3.51. The highest BCUT2D eigenvalue weighted by Crippen LogP contribution is 2.05. The van der Waals surface area contributed by atoms with Crippen LogP contribution >= 0.6 is 0 Å². The fourth-order valence-electron chi connectivity index (χ4n) is 2.26. The number of unbranched alkanes of at least 4 members (excludes halogenated alkanes) is 2. The predicted molar refractivity (Wildman–Crippen MR) is 72.1 cm³/mol. The first-order valence-corrected chi connectivity index (χ1v) is 7.05. The lowest BCUT2D eigenvalue weighted by molar-refractivity contribution is 0.107. The third kappa shape index (κ3) is 6.99. The van der Waals surface area contributed by atoms with Crippen molar-refractivity contribution in [2.45, 2.75) is 38.7 Å². The van der Waals surface area contributed by atoms with Crippen molar-refractivity contribution in [3.8, 4) is 0 Å². The average molecular weight is 243 g/mol. The fraction of sp³-hybridized carbons (Fsp3) is 1.00. The first kappa shape index (κ1) is 14.9. The lowest BCUT2D eigenvalue weighted by Crippen LogP contribution is -2.47. The summed E-state index contributed by atoms with van der Waals surface area (Å²) in [6, 6.07) is 0. The molecule has 0 radical (unpaired) electrons. The van der Waals surface area contributed by atoms with E-state index in [0.29, 0.717) is 0 Å². The second-order valence-corrected chi connectivity index (χ2v) is 5.17. The van der Waals surface area contributed by atoms with Crippen LogP contribution in [0.5, 0.6) is 0 Å². The summed E-state index contributed by atoms with van der Waals surface area (Å²) < 4.78 is 0. The number of aliphatic hydroxyl groups excluding tert-OH is 1. The number of rotatable bonds is 8. The van der Waals surface area contributed by atoms with Gasteiger partial charge < -0.3 is 20.6 Å². The van der Waals surface area contributed by atoms with Gasteiger partial charge in [0, 0.05) is 32.7 Å². The highest BCUT2D eigenvalue weighted by atomic mass is 16.3. The van der Waals surface area contributed by atoms with Gasteiger partial charge in [-0.25, -0.2) is 0 Å². The Morgan fingerprint density at radius 3 is 2.12 bits per heavy atom. The van der Waals surface area contributed by atoms with Crippen LogP contribution in [0.15, 0.2) is 0 Å². The molecule has 4 heteroatoms. The Morgan fingerprint density at radius 2 is 1.59 bits per heavy atom. The van der Waals surface area contributed by atoms with Gasteiger partial charge in [-0.15, -0.1) is 0 Å². The molecule has 0 aromatic rings. The fourth-order valence-corrected chi connectivity index (χ4v) is 2.26. The van der Waals surface area contributed by atoms with Crippen LogP contribution in [0.4, 0.5) is 0 Å². The van der Waals surface area contributed by atoms with Crippen LogP contribution in [-0.4, -0.2) is 66.8 Å². The van der Waals surface area contributed by atoms with Gasteiger partial charge in [0.05, 0.1) is 6.10 Å². The minimum atomic E-state index is -0.163. The molecule has 1 atom stereocenters. The van der Waals surface area contributed by atoms with Gasteiger partial charge in [-0.05, 0) is 39.3 Å². The van der Waals surface area contributed by atoms with Crippen molar-refractivity contribution < 1.29 is 5.11 Å². The van der Waals surface area contributed by atoms with E-state index in [1.807, 2.05) is 6.92 Å². The van der Waals surface area contributed by atoms with E-state index in [9.17, 15) is 5.11 Å². The third-order valence-electron chi connectivity index (χ3n) is 3.51. The molecule has 102 valence electrons.